The van der Waals surface area contributed by atoms with Crippen molar-refractivity contribution in [3.05, 3.63) is 59.9 Å². The van der Waals surface area contributed by atoms with Crippen molar-refractivity contribution in [2.45, 2.75) is 38.7 Å². The number of ether oxygens (including phenoxy) is 2. The number of methoxy groups -OCH3 is 1. The average Bonchev–Trinajstić information content (AvgIpc) is 2.79. The molecular formula is C23H27F3N2O5. The number of likely N-dealkylation sites (tertiary alicyclic amines) is 1. The number of carbonyl (C=O) groups is 2. The van der Waals surface area contributed by atoms with Gasteiger partial charge in [0.1, 0.15) is 5.75 Å². The summed E-state index contributed by atoms with van der Waals surface area (Å²) in [5, 5.41) is 7.12. The maximum absolute atomic E-state index is 11.8. The van der Waals surface area contributed by atoms with E-state index in [4.69, 9.17) is 19.4 Å². The fourth-order valence-electron chi connectivity index (χ4n) is 3.46. The van der Waals surface area contributed by atoms with Crippen LogP contribution in [0.5, 0.6) is 5.75 Å². The van der Waals surface area contributed by atoms with Gasteiger partial charge in [-0.2, -0.15) is 13.2 Å². The van der Waals surface area contributed by atoms with Crippen molar-refractivity contribution in [3.63, 3.8) is 0 Å². The number of nitrogens with zero attached hydrogens (tertiary/aromatic N) is 2. The number of carboxylic acids is 1. The van der Waals surface area contributed by atoms with Crippen LogP contribution in [0.2, 0.25) is 0 Å². The van der Waals surface area contributed by atoms with Crippen molar-refractivity contribution in [1.82, 2.24) is 9.88 Å². The first-order chi connectivity index (χ1) is 15.6. The zero-order chi connectivity index (χ0) is 24.4. The molecule has 1 aliphatic heterocycles. The molecule has 3 rings (SSSR count). The minimum Gasteiger partial charge on any atom is -0.497 e. The Morgan fingerprint density at radius 1 is 1.12 bits per heavy atom. The number of benzene rings is 1. The van der Waals surface area contributed by atoms with E-state index in [0.29, 0.717) is 6.61 Å². The molecular weight excluding hydrogens is 441 g/mol. The molecule has 0 saturated carbocycles. The Morgan fingerprint density at radius 3 is 2.24 bits per heavy atom. The second-order valence-corrected chi connectivity index (χ2v) is 7.57. The summed E-state index contributed by atoms with van der Waals surface area (Å²) in [6, 6.07) is 12.1. The van der Waals surface area contributed by atoms with E-state index in [1.165, 1.54) is 5.56 Å². The molecule has 2 heterocycles. The fraction of sp³-hybridized carbons (Fsp3) is 0.435. The molecule has 1 aromatic heterocycles. The highest BCUT2D eigenvalue weighted by molar-refractivity contribution is 5.73. The highest BCUT2D eigenvalue weighted by Gasteiger charge is 2.38. The van der Waals surface area contributed by atoms with E-state index in [0.717, 1.165) is 37.2 Å². The van der Waals surface area contributed by atoms with Gasteiger partial charge in [-0.05, 0) is 48.2 Å². The van der Waals surface area contributed by atoms with Crippen molar-refractivity contribution in [3.8, 4) is 5.75 Å². The van der Waals surface area contributed by atoms with Gasteiger partial charge >= 0.3 is 12.1 Å². The summed E-state index contributed by atoms with van der Waals surface area (Å²) in [6.45, 7) is 3.72. The van der Waals surface area contributed by atoms with Crippen molar-refractivity contribution >= 4 is 11.9 Å². The topological polar surface area (TPSA) is 89.0 Å². The maximum atomic E-state index is 11.8. The third kappa shape index (κ3) is 8.72. The Bertz CT molecular complexity index is 891. The van der Waals surface area contributed by atoms with E-state index >= 15 is 0 Å². The van der Waals surface area contributed by atoms with Gasteiger partial charge in [0, 0.05) is 38.3 Å². The van der Waals surface area contributed by atoms with E-state index in [1.54, 1.807) is 26.4 Å². The largest absolute Gasteiger partial charge is 0.497 e. The van der Waals surface area contributed by atoms with Crippen LogP contribution in [-0.2, 0) is 27.4 Å². The normalized spacial score (nSPS) is 18.2. The monoisotopic (exact) mass is 468 g/mol. The predicted octanol–water partition coefficient (Wildman–Crippen LogP) is 3.72. The lowest BCUT2D eigenvalue weighted by Gasteiger charge is -2.38. The van der Waals surface area contributed by atoms with Gasteiger partial charge in [0.2, 0.25) is 5.91 Å². The number of hydrogen-bond donors (Lipinski definition) is 1. The van der Waals surface area contributed by atoms with Gasteiger partial charge < -0.3 is 19.5 Å². The molecule has 1 aromatic carbocycles. The van der Waals surface area contributed by atoms with E-state index < -0.39 is 12.1 Å². The fourth-order valence-corrected chi connectivity index (χ4v) is 3.46. The van der Waals surface area contributed by atoms with Crippen molar-refractivity contribution in [1.29, 1.82) is 0 Å². The number of aliphatic carboxylic acids is 1. The summed E-state index contributed by atoms with van der Waals surface area (Å²) in [5.74, 6) is -1.49. The summed E-state index contributed by atoms with van der Waals surface area (Å²) in [4.78, 5) is 26.7. The van der Waals surface area contributed by atoms with Gasteiger partial charge in [0.15, 0.2) is 0 Å². The van der Waals surface area contributed by atoms with Crippen LogP contribution in [0, 0.1) is 5.92 Å². The van der Waals surface area contributed by atoms with E-state index in [9.17, 15) is 18.0 Å². The summed E-state index contributed by atoms with van der Waals surface area (Å²) in [5.41, 5.74) is 2.36. The lowest BCUT2D eigenvalue weighted by Crippen LogP contribution is -2.46. The van der Waals surface area contributed by atoms with Crippen molar-refractivity contribution in [2.24, 2.45) is 5.92 Å². The third-order valence-electron chi connectivity index (χ3n) is 5.22. The highest BCUT2D eigenvalue weighted by Crippen LogP contribution is 2.26. The lowest BCUT2D eigenvalue weighted by molar-refractivity contribution is -0.192. The molecule has 1 saturated heterocycles. The van der Waals surface area contributed by atoms with Gasteiger partial charge in [-0.25, -0.2) is 4.79 Å². The molecule has 33 heavy (non-hydrogen) atoms. The number of hydrogen-bond acceptors (Lipinski definition) is 5. The molecule has 2 atom stereocenters. The Hall–Kier alpha value is -3.14. The first kappa shape index (κ1) is 26.1. The first-order valence-electron chi connectivity index (χ1n) is 10.3. The summed E-state index contributed by atoms with van der Waals surface area (Å²) in [7, 11) is 1.67. The Kier molecular flexibility index (Phi) is 9.65. The number of carbonyl (C=O) groups excluding carboxylic acids is 1. The third-order valence-corrected chi connectivity index (χ3v) is 5.22. The summed E-state index contributed by atoms with van der Waals surface area (Å²) >= 11 is 0. The van der Waals surface area contributed by atoms with Crippen LogP contribution in [-0.4, -0.2) is 59.3 Å². The van der Waals surface area contributed by atoms with Gasteiger partial charge in [0.05, 0.1) is 19.8 Å². The average molecular weight is 468 g/mol. The minimum atomic E-state index is -5.08. The number of piperidine rings is 1. The highest BCUT2D eigenvalue weighted by atomic mass is 19.4. The lowest BCUT2D eigenvalue weighted by atomic mass is 9.88. The van der Waals surface area contributed by atoms with Crippen LogP contribution in [0.25, 0.3) is 0 Å². The molecule has 1 N–H and O–H groups in total. The molecule has 10 heteroatoms. The van der Waals surface area contributed by atoms with Crippen LogP contribution < -0.4 is 4.74 Å². The summed E-state index contributed by atoms with van der Waals surface area (Å²) < 4.78 is 43.2. The second kappa shape index (κ2) is 12.2. The van der Waals surface area contributed by atoms with Crippen LogP contribution in [0.15, 0.2) is 48.8 Å². The molecule has 180 valence electrons. The van der Waals surface area contributed by atoms with Crippen LogP contribution in [0.3, 0.4) is 0 Å². The van der Waals surface area contributed by atoms with Crippen LogP contribution in [0.1, 0.15) is 24.5 Å². The molecule has 0 bridgehead atoms. The van der Waals surface area contributed by atoms with Crippen molar-refractivity contribution in [2.75, 3.05) is 20.2 Å². The number of rotatable bonds is 6. The molecule has 0 radical (unpaired) electrons. The van der Waals surface area contributed by atoms with Crippen LogP contribution >= 0.6 is 0 Å². The predicted molar refractivity (Wildman–Crippen MR) is 114 cm³/mol. The van der Waals surface area contributed by atoms with E-state index in [1.807, 2.05) is 29.2 Å². The quantitative estimate of drug-likeness (QED) is 0.695. The molecule has 0 unspecified atom stereocenters. The number of amides is 1. The first-order valence-corrected chi connectivity index (χ1v) is 10.3. The summed E-state index contributed by atoms with van der Waals surface area (Å²) in [6.07, 6.45) is 0.374. The molecule has 1 amide bonds. The Labute approximate surface area is 190 Å². The molecule has 1 aliphatic rings. The van der Waals surface area contributed by atoms with Crippen molar-refractivity contribution < 1.29 is 37.3 Å². The van der Waals surface area contributed by atoms with Gasteiger partial charge in [0.25, 0.3) is 0 Å². The van der Waals surface area contributed by atoms with Gasteiger partial charge in [-0.3, -0.25) is 9.78 Å². The number of alkyl halides is 3. The van der Waals surface area contributed by atoms with Gasteiger partial charge in [-0.15, -0.1) is 0 Å². The number of aromatic nitrogens is 1. The standard InChI is InChI=1S/C21H26N2O3.C2HF3O2/c1-16(24)23-12-9-21(26-15-18-7-10-22-11-8-18)19(14-23)13-17-3-5-20(25-2)6-4-17;3-2(4,5)1(6)7/h3-8,10-11,19,21H,9,12-15H2,1-2H3;(H,6,7)/t19-,21-;/m0./s1. The van der Waals surface area contributed by atoms with Gasteiger partial charge in [-0.1, -0.05) is 12.1 Å². The zero-order valence-electron chi connectivity index (χ0n) is 18.4. The molecule has 0 spiro atoms. The second-order valence-electron chi connectivity index (χ2n) is 7.57. The zero-order valence-corrected chi connectivity index (χ0v) is 18.4. The smallest absolute Gasteiger partial charge is 0.490 e. The Morgan fingerprint density at radius 2 is 1.73 bits per heavy atom. The minimum absolute atomic E-state index is 0.136. The molecule has 0 aliphatic carbocycles. The number of halogens is 3. The molecule has 2 aromatic rings. The number of carboxylic acid groups (broad SMARTS) is 1. The maximum Gasteiger partial charge on any atom is 0.490 e. The molecule has 7 nitrogen and oxygen atoms in total. The Balaban J connectivity index is 0.000000479. The van der Waals surface area contributed by atoms with Crippen LogP contribution in [0.4, 0.5) is 13.2 Å². The SMILES string of the molecule is COc1ccc(C[C@H]2CN(C(C)=O)CC[C@@H]2OCc2ccncc2)cc1.O=C(O)C(F)(F)F. The molecule has 1 fully saturated rings. The number of pyridine rings is 1. The van der Waals surface area contributed by atoms with E-state index in [2.05, 4.69) is 17.1 Å². The van der Waals surface area contributed by atoms with E-state index in [-0.39, 0.29) is 17.9 Å².